The number of rotatable bonds is 6. The van der Waals surface area contributed by atoms with E-state index in [1.807, 2.05) is 13.8 Å². The quantitative estimate of drug-likeness (QED) is 0.464. The van der Waals surface area contributed by atoms with E-state index in [0.717, 1.165) is 0 Å². The van der Waals surface area contributed by atoms with E-state index in [1.54, 1.807) is 29.7 Å². The van der Waals surface area contributed by atoms with Gasteiger partial charge in [0.05, 0.1) is 35.7 Å². The van der Waals surface area contributed by atoms with Crippen LogP contribution >= 0.6 is 0 Å². The third-order valence-corrected chi connectivity index (χ3v) is 3.42. The minimum Gasteiger partial charge on any atom is -0.461 e. The highest BCUT2D eigenvalue weighted by Gasteiger charge is 2.23. The number of ether oxygens (including phenoxy) is 1. The maximum atomic E-state index is 12.2. The molecule has 0 amide bonds. The molecular formula is C16H19N3O4. The Morgan fingerprint density at radius 1 is 1.35 bits per heavy atom. The van der Waals surface area contributed by atoms with Crippen LogP contribution in [0.3, 0.4) is 0 Å². The largest absolute Gasteiger partial charge is 0.461 e. The van der Waals surface area contributed by atoms with Crippen molar-refractivity contribution in [3.05, 3.63) is 58.2 Å². The molecule has 0 spiro atoms. The molecular weight excluding hydrogens is 298 g/mol. The van der Waals surface area contributed by atoms with E-state index >= 15 is 0 Å². The van der Waals surface area contributed by atoms with E-state index in [9.17, 15) is 14.9 Å². The van der Waals surface area contributed by atoms with Crippen molar-refractivity contribution in [1.29, 1.82) is 0 Å². The van der Waals surface area contributed by atoms with Crippen molar-refractivity contribution in [3.63, 3.8) is 0 Å². The third kappa shape index (κ3) is 3.74. The second-order valence-electron chi connectivity index (χ2n) is 5.67. The van der Waals surface area contributed by atoms with Crippen LogP contribution in [0.25, 0.3) is 0 Å². The molecule has 0 radical (unpaired) electrons. The lowest BCUT2D eigenvalue weighted by Crippen LogP contribution is -2.17. The number of nitro groups is 1. The molecule has 23 heavy (non-hydrogen) atoms. The van der Waals surface area contributed by atoms with Crippen LogP contribution in [0, 0.1) is 16.0 Å². The molecule has 0 fully saturated rings. The average Bonchev–Trinajstić information content (AvgIpc) is 3.01. The van der Waals surface area contributed by atoms with Gasteiger partial charge in [-0.3, -0.25) is 10.1 Å². The zero-order valence-corrected chi connectivity index (χ0v) is 13.3. The van der Waals surface area contributed by atoms with Crippen molar-refractivity contribution in [2.24, 2.45) is 5.92 Å². The van der Waals surface area contributed by atoms with Crippen LogP contribution in [0.4, 0.5) is 5.69 Å². The summed E-state index contributed by atoms with van der Waals surface area (Å²) in [6.07, 6.45) is 2.89. The number of nitrogens with zero attached hydrogens (tertiary/aromatic N) is 3. The molecule has 0 N–H and O–H groups in total. The monoisotopic (exact) mass is 317 g/mol. The summed E-state index contributed by atoms with van der Waals surface area (Å²) in [4.78, 5) is 26.9. The van der Waals surface area contributed by atoms with Crippen molar-refractivity contribution in [2.75, 3.05) is 6.61 Å². The molecule has 1 aromatic carbocycles. The molecule has 0 saturated heterocycles. The fourth-order valence-electron chi connectivity index (χ4n) is 2.24. The van der Waals surface area contributed by atoms with E-state index in [-0.39, 0.29) is 17.3 Å². The zero-order chi connectivity index (χ0) is 17.0. The molecule has 1 unspecified atom stereocenters. The van der Waals surface area contributed by atoms with Crippen molar-refractivity contribution < 1.29 is 14.5 Å². The molecule has 7 heteroatoms. The summed E-state index contributed by atoms with van der Waals surface area (Å²) in [5, 5.41) is 11.2. The van der Waals surface area contributed by atoms with Gasteiger partial charge in [-0.1, -0.05) is 32.0 Å². The Bertz CT molecular complexity index is 709. The van der Waals surface area contributed by atoms with E-state index < -0.39 is 16.9 Å². The number of carbonyl (C=O) groups is 1. The van der Waals surface area contributed by atoms with Crippen LogP contribution in [-0.2, 0) is 4.74 Å². The Morgan fingerprint density at radius 2 is 2.04 bits per heavy atom. The molecule has 0 aliphatic rings. The predicted molar refractivity (Wildman–Crippen MR) is 84.3 cm³/mol. The predicted octanol–water partition coefficient (Wildman–Crippen LogP) is 3.21. The van der Waals surface area contributed by atoms with Crippen molar-refractivity contribution >= 4 is 11.7 Å². The smallest absolute Gasteiger partial charge is 0.356 e. The van der Waals surface area contributed by atoms with Gasteiger partial charge in [0.15, 0.2) is 0 Å². The summed E-state index contributed by atoms with van der Waals surface area (Å²) in [6.45, 7) is 5.98. The van der Waals surface area contributed by atoms with E-state index in [0.29, 0.717) is 12.2 Å². The summed E-state index contributed by atoms with van der Waals surface area (Å²) >= 11 is 0. The van der Waals surface area contributed by atoms with Crippen LogP contribution in [0.1, 0.15) is 42.9 Å². The van der Waals surface area contributed by atoms with Gasteiger partial charge in [0.2, 0.25) is 0 Å². The number of para-hydroxylation sites is 1. The Kier molecular flexibility index (Phi) is 5.10. The molecule has 122 valence electrons. The molecule has 2 rings (SSSR count). The number of carbonyl (C=O) groups excluding carboxylic acids is 1. The highest BCUT2D eigenvalue weighted by Crippen LogP contribution is 2.28. The maximum Gasteiger partial charge on any atom is 0.356 e. The fourth-order valence-corrected chi connectivity index (χ4v) is 2.24. The minimum atomic E-state index is -0.485. The molecule has 7 nitrogen and oxygen atoms in total. The lowest BCUT2D eigenvalue weighted by atomic mass is 10.1. The van der Waals surface area contributed by atoms with Crippen LogP contribution in [0.15, 0.2) is 36.8 Å². The highest BCUT2D eigenvalue weighted by atomic mass is 16.6. The first-order chi connectivity index (χ1) is 10.9. The molecule has 2 aromatic rings. The second kappa shape index (κ2) is 7.04. The lowest BCUT2D eigenvalue weighted by molar-refractivity contribution is -0.385. The van der Waals surface area contributed by atoms with Crippen molar-refractivity contribution in [2.45, 2.75) is 26.8 Å². The van der Waals surface area contributed by atoms with Gasteiger partial charge in [-0.15, -0.1) is 0 Å². The number of nitro benzene ring substituents is 1. The number of imidazole rings is 1. The average molecular weight is 317 g/mol. The van der Waals surface area contributed by atoms with Gasteiger partial charge >= 0.3 is 5.97 Å². The van der Waals surface area contributed by atoms with Crippen LogP contribution < -0.4 is 0 Å². The second-order valence-corrected chi connectivity index (χ2v) is 5.67. The van der Waals surface area contributed by atoms with Gasteiger partial charge in [0, 0.05) is 6.07 Å². The highest BCUT2D eigenvalue weighted by molar-refractivity contribution is 5.87. The van der Waals surface area contributed by atoms with E-state index in [2.05, 4.69) is 4.98 Å². The molecule has 0 aliphatic heterocycles. The number of aromatic nitrogens is 2. The molecule has 1 heterocycles. The van der Waals surface area contributed by atoms with Crippen molar-refractivity contribution in [1.82, 2.24) is 9.55 Å². The third-order valence-electron chi connectivity index (χ3n) is 3.42. The number of benzene rings is 1. The van der Waals surface area contributed by atoms with Gasteiger partial charge in [-0.2, -0.15) is 0 Å². The first-order valence-electron chi connectivity index (χ1n) is 7.34. The van der Waals surface area contributed by atoms with Gasteiger partial charge < -0.3 is 9.30 Å². The first-order valence-corrected chi connectivity index (χ1v) is 7.34. The minimum absolute atomic E-state index is 0.00944. The Morgan fingerprint density at radius 3 is 2.70 bits per heavy atom. The number of hydrogen-bond donors (Lipinski definition) is 0. The molecule has 1 aromatic heterocycles. The topological polar surface area (TPSA) is 87.3 Å². The number of hydrogen-bond acceptors (Lipinski definition) is 5. The van der Waals surface area contributed by atoms with Crippen LogP contribution in [0.2, 0.25) is 0 Å². The molecule has 0 aliphatic carbocycles. The van der Waals surface area contributed by atoms with E-state index in [4.69, 9.17) is 4.74 Å². The fraction of sp³-hybridized carbons (Fsp3) is 0.375. The molecule has 0 bridgehead atoms. The summed E-state index contributed by atoms with van der Waals surface area (Å²) in [6, 6.07) is 6.04. The SMILES string of the molecule is CC(C)COC(=O)c1cncn1C(C)c1ccccc1[N+](=O)[O-]. The zero-order valence-electron chi connectivity index (χ0n) is 13.3. The summed E-state index contributed by atoms with van der Waals surface area (Å²) in [7, 11) is 0. The molecule has 0 saturated carbocycles. The van der Waals surface area contributed by atoms with E-state index in [1.165, 1.54) is 18.6 Å². The number of esters is 1. The Labute approximate surface area is 134 Å². The summed E-state index contributed by atoms with van der Waals surface area (Å²) in [5.41, 5.74) is 0.792. The Balaban J connectivity index is 2.32. The summed E-state index contributed by atoms with van der Waals surface area (Å²) < 4.78 is 6.81. The Hall–Kier alpha value is -2.70. The van der Waals surface area contributed by atoms with Gasteiger partial charge in [-0.05, 0) is 12.8 Å². The standard InChI is InChI=1S/C16H19N3O4/c1-11(2)9-23-16(20)15-8-17-10-18(15)12(3)13-6-4-5-7-14(13)19(21)22/h4-8,10-12H,9H2,1-3H3. The molecule has 1 atom stereocenters. The first kappa shape index (κ1) is 16.7. The lowest BCUT2D eigenvalue weighted by Gasteiger charge is -2.16. The maximum absolute atomic E-state index is 12.2. The van der Waals surface area contributed by atoms with Crippen LogP contribution in [-0.4, -0.2) is 27.1 Å². The van der Waals surface area contributed by atoms with Crippen molar-refractivity contribution in [3.8, 4) is 0 Å². The normalized spacial score (nSPS) is 12.2. The van der Waals surface area contributed by atoms with Gasteiger partial charge in [0.1, 0.15) is 5.69 Å². The van der Waals surface area contributed by atoms with Gasteiger partial charge in [-0.25, -0.2) is 9.78 Å². The van der Waals surface area contributed by atoms with Crippen LogP contribution in [0.5, 0.6) is 0 Å². The van der Waals surface area contributed by atoms with Gasteiger partial charge in [0.25, 0.3) is 5.69 Å². The summed E-state index contributed by atoms with van der Waals surface area (Å²) in [5.74, 6) is -0.260.